The summed E-state index contributed by atoms with van der Waals surface area (Å²) in [6.07, 6.45) is 0.863. The van der Waals surface area contributed by atoms with Crippen LogP contribution < -0.4 is 10.1 Å². The number of nitrogens with zero attached hydrogens (tertiary/aromatic N) is 1. The highest BCUT2D eigenvalue weighted by atomic mass is 32.1. The fourth-order valence-electron chi connectivity index (χ4n) is 2.74. The number of nitrogens with one attached hydrogen (secondary N) is 1. The highest BCUT2D eigenvalue weighted by molar-refractivity contribution is 7.18. The Morgan fingerprint density at radius 2 is 1.80 bits per heavy atom. The van der Waals surface area contributed by atoms with Crippen LogP contribution in [0.4, 0.5) is 5.13 Å². The first-order chi connectivity index (χ1) is 14.6. The molecule has 7 heteroatoms. The Bertz CT molecular complexity index is 984. The third-order valence-corrected chi connectivity index (χ3v) is 5.17. The van der Waals surface area contributed by atoms with Gasteiger partial charge in [-0.3, -0.25) is 4.79 Å². The molecule has 3 rings (SSSR count). The number of anilines is 1. The second-order valence-electron chi connectivity index (χ2n) is 6.60. The maximum atomic E-state index is 12.3. The Morgan fingerprint density at radius 3 is 2.50 bits per heavy atom. The van der Waals surface area contributed by atoms with Crippen molar-refractivity contribution in [3.8, 4) is 17.0 Å². The molecule has 156 valence electrons. The monoisotopic (exact) mass is 424 g/mol. The molecule has 0 aliphatic heterocycles. The number of benzene rings is 2. The highest BCUT2D eigenvalue weighted by Crippen LogP contribution is 2.32. The molecule has 0 aliphatic carbocycles. The summed E-state index contributed by atoms with van der Waals surface area (Å²) in [5.41, 5.74) is 2.48. The van der Waals surface area contributed by atoms with Crippen molar-refractivity contribution in [2.45, 2.75) is 26.7 Å². The minimum Gasteiger partial charge on any atom is -0.494 e. The van der Waals surface area contributed by atoms with Gasteiger partial charge in [-0.25, -0.2) is 9.78 Å². The molecule has 0 unspecified atom stereocenters. The zero-order valence-electron chi connectivity index (χ0n) is 17.0. The molecule has 0 fully saturated rings. The largest absolute Gasteiger partial charge is 0.494 e. The quantitative estimate of drug-likeness (QED) is 0.382. The van der Waals surface area contributed by atoms with E-state index >= 15 is 0 Å². The van der Waals surface area contributed by atoms with E-state index in [2.05, 4.69) is 10.3 Å². The van der Waals surface area contributed by atoms with E-state index in [9.17, 15) is 9.59 Å². The van der Waals surface area contributed by atoms with Crippen molar-refractivity contribution in [1.29, 1.82) is 0 Å². The minimum absolute atomic E-state index is 0.175. The first-order valence-corrected chi connectivity index (χ1v) is 10.6. The van der Waals surface area contributed by atoms with Gasteiger partial charge in [-0.1, -0.05) is 59.4 Å². The van der Waals surface area contributed by atoms with Crippen molar-refractivity contribution in [3.05, 3.63) is 65.0 Å². The van der Waals surface area contributed by atoms with Crippen molar-refractivity contribution in [2.75, 3.05) is 18.5 Å². The number of hydrogen-bond acceptors (Lipinski definition) is 6. The van der Waals surface area contributed by atoms with Gasteiger partial charge in [0.2, 0.25) is 5.91 Å². The van der Waals surface area contributed by atoms with Crippen LogP contribution in [0.1, 0.15) is 35.0 Å². The number of ether oxygens (including phenoxy) is 2. The Balaban J connectivity index is 1.59. The third kappa shape index (κ3) is 5.90. The molecule has 2 aromatic carbocycles. The molecular formula is C23H24N2O4S. The van der Waals surface area contributed by atoms with E-state index in [0.29, 0.717) is 35.2 Å². The van der Waals surface area contributed by atoms with E-state index in [4.69, 9.17) is 9.47 Å². The van der Waals surface area contributed by atoms with Gasteiger partial charge in [0.15, 0.2) is 5.13 Å². The predicted molar refractivity (Wildman–Crippen MR) is 118 cm³/mol. The number of carbonyl (C=O) groups is 2. The Hall–Kier alpha value is -3.19. The number of aromatic nitrogens is 1. The summed E-state index contributed by atoms with van der Waals surface area (Å²) in [5, 5.41) is 3.16. The highest BCUT2D eigenvalue weighted by Gasteiger charge is 2.21. The predicted octanol–water partition coefficient (Wildman–Crippen LogP) is 5.09. The van der Waals surface area contributed by atoms with E-state index in [-0.39, 0.29) is 12.5 Å². The van der Waals surface area contributed by atoms with Gasteiger partial charge in [0.25, 0.3) is 0 Å². The zero-order chi connectivity index (χ0) is 21.3. The van der Waals surface area contributed by atoms with Crippen LogP contribution in [-0.4, -0.2) is 30.1 Å². The molecule has 0 aliphatic rings. The summed E-state index contributed by atoms with van der Waals surface area (Å²) in [5.74, 6) is 0.166. The molecule has 3 aromatic rings. The number of thiazole rings is 1. The minimum atomic E-state index is -0.444. The normalized spacial score (nSPS) is 10.5. The molecule has 1 heterocycles. The van der Waals surface area contributed by atoms with Crippen LogP contribution in [0, 0.1) is 6.92 Å². The number of hydrogen-bond donors (Lipinski definition) is 1. The van der Waals surface area contributed by atoms with Crippen molar-refractivity contribution >= 4 is 28.3 Å². The average Bonchev–Trinajstić information content (AvgIpc) is 3.17. The molecule has 0 saturated heterocycles. The van der Waals surface area contributed by atoms with Crippen molar-refractivity contribution in [3.63, 3.8) is 0 Å². The van der Waals surface area contributed by atoms with Gasteiger partial charge in [-0.2, -0.15) is 0 Å². The maximum absolute atomic E-state index is 12.3. The van der Waals surface area contributed by atoms with Crippen LogP contribution >= 0.6 is 11.3 Å². The number of esters is 1. The molecule has 1 amide bonds. The van der Waals surface area contributed by atoms with Gasteiger partial charge in [0, 0.05) is 12.0 Å². The summed E-state index contributed by atoms with van der Waals surface area (Å²) in [6, 6.07) is 17.1. The summed E-state index contributed by atoms with van der Waals surface area (Å²) < 4.78 is 10.8. The summed E-state index contributed by atoms with van der Waals surface area (Å²) in [7, 11) is 0. The number of carbonyl (C=O) groups excluding carboxylic acids is 2. The van der Waals surface area contributed by atoms with Crippen molar-refractivity contribution in [2.24, 2.45) is 0 Å². The lowest BCUT2D eigenvalue weighted by atomic mass is 10.1. The van der Waals surface area contributed by atoms with E-state index in [1.54, 1.807) is 6.92 Å². The number of rotatable bonds is 9. The van der Waals surface area contributed by atoms with Gasteiger partial charge in [-0.05, 0) is 32.4 Å². The molecule has 0 saturated carbocycles. The van der Waals surface area contributed by atoms with Crippen molar-refractivity contribution < 1.29 is 19.1 Å². The molecule has 30 heavy (non-hydrogen) atoms. The lowest BCUT2D eigenvalue weighted by molar-refractivity contribution is -0.116. The van der Waals surface area contributed by atoms with Gasteiger partial charge < -0.3 is 14.8 Å². The first kappa shape index (κ1) is 21.5. The van der Waals surface area contributed by atoms with Gasteiger partial charge in [0.05, 0.1) is 18.9 Å². The first-order valence-electron chi connectivity index (χ1n) is 9.79. The topological polar surface area (TPSA) is 77.5 Å². The lowest BCUT2D eigenvalue weighted by Crippen LogP contribution is -2.12. The van der Waals surface area contributed by atoms with Crippen LogP contribution in [-0.2, 0) is 9.53 Å². The van der Waals surface area contributed by atoms with Crippen LogP contribution in [0.5, 0.6) is 5.75 Å². The fourth-order valence-corrected chi connectivity index (χ4v) is 3.64. The van der Waals surface area contributed by atoms with E-state index in [0.717, 1.165) is 22.6 Å². The smallest absolute Gasteiger partial charge is 0.350 e. The van der Waals surface area contributed by atoms with Gasteiger partial charge in [0.1, 0.15) is 10.6 Å². The van der Waals surface area contributed by atoms with Crippen molar-refractivity contribution in [1.82, 2.24) is 4.98 Å². The SMILES string of the molecule is CCOC(=O)c1sc(NC(=O)CCCOc2ccc(C)cc2)nc1-c1ccccc1. The average molecular weight is 425 g/mol. The molecule has 0 bridgehead atoms. The molecular weight excluding hydrogens is 400 g/mol. The Labute approximate surface area is 179 Å². The molecule has 0 atom stereocenters. The van der Waals surface area contributed by atoms with Crippen LogP contribution in [0.15, 0.2) is 54.6 Å². The van der Waals surface area contributed by atoms with E-state index in [1.165, 1.54) is 5.56 Å². The summed E-state index contributed by atoms with van der Waals surface area (Å²) in [4.78, 5) is 29.5. The van der Waals surface area contributed by atoms with E-state index in [1.807, 2.05) is 61.5 Å². The summed E-state index contributed by atoms with van der Waals surface area (Å²) >= 11 is 1.12. The third-order valence-electron chi connectivity index (χ3n) is 4.22. The standard InChI is InChI=1S/C23H24N2O4S/c1-3-28-22(27)21-20(17-8-5-4-6-9-17)25-23(30-21)24-19(26)10-7-15-29-18-13-11-16(2)12-14-18/h4-6,8-9,11-14H,3,7,10,15H2,1-2H3,(H,24,25,26). The molecule has 1 aromatic heterocycles. The fraction of sp³-hybridized carbons (Fsp3) is 0.261. The van der Waals surface area contributed by atoms with Crippen LogP contribution in [0.25, 0.3) is 11.3 Å². The maximum Gasteiger partial charge on any atom is 0.350 e. The summed E-state index contributed by atoms with van der Waals surface area (Å²) in [6.45, 7) is 4.48. The molecule has 0 radical (unpaired) electrons. The van der Waals surface area contributed by atoms with Gasteiger partial charge >= 0.3 is 5.97 Å². The lowest BCUT2D eigenvalue weighted by Gasteiger charge is -2.06. The zero-order valence-corrected chi connectivity index (χ0v) is 17.8. The second-order valence-corrected chi connectivity index (χ2v) is 7.60. The van der Waals surface area contributed by atoms with Crippen LogP contribution in [0.3, 0.4) is 0 Å². The second kappa shape index (κ2) is 10.5. The molecule has 0 spiro atoms. The van der Waals surface area contributed by atoms with E-state index < -0.39 is 5.97 Å². The number of aryl methyl sites for hydroxylation is 1. The Kier molecular flexibility index (Phi) is 7.57. The molecule has 1 N–H and O–H groups in total. The van der Waals surface area contributed by atoms with Crippen LogP contribution in [0.2, 0.25) is 0 Å². The van der Waals surface area contributed by atoms with Gasteiger partial charge in [-0.15, -0.1) is 0 Å². The number of amides is 1. The Morgan fingerprint density at radius 1 is 1.07 bits per heavy atom. The molecule has 6 nitrogen and oxygen atoms in total.